The van der Waals surface area contributed by atoms with Crippen molar-refractivity contribution in [3.8, 4) is 0 Å². The van der Waals surface area contributed by atoms with Crippen LogP contribution in [0.2, 0.25) is 0 Å². The van der Waals surface area contributed by atoms with E-state index in [0.717, 1.165) is 25.3 Å². The Labute approximate surface area is 115 Å². The van der Waals surface area contributed by atoms with Gasteiger partial charge in [-0.3, -0.25) is 0 Å². The number of hydrogen-bond acceptors (Lipinski definition) is 2. The standard InChI is InChI=1S/C14H17F4NO/c15-12-9-10(14(16,17)18)5-6-13(12)19(7-2-8-20)11-3-1-4-11/h5-6,9,11,20H,1-4,7-8H2. The molecule has 1 aromatic carbocycles. The first-order valence-electron chi connectivity index (χ1n) is 6.67. The molecule has 112 valence electrons. The molecule has 0 unspecified atom stereocenters. The van der Waals surface area contributed by atoms with Gasteiger partial charge in [0.1, 0.15) is 5.82 Å². The molecule has 2 nitrogen and oxygen atoms in total. The van der Waals surface area contributed by atoms with Gasteiger partial charge in [0.15, 0.2) is 0 Å². The van der Waals surface area contributed by atoms with Crippen molar-refractivity contribution in [3.63, 3.8) is 0 Å². The summed E-state index contributed by atoms with van der Waals surface area (Å²) in [4.78, 5) is 1.77. The predicted octanol–water partition coefficient (Wildman–Crippen LogP) is 3.59. The van der Waals surface area contributed by atoms with Crippen molar-refractivity contribution in [1.82, 2.24) is 0 Å². The van der Waals surface area contributed by atoms with Crippen LogP contribution in [0.3, 0.4) is 0 Å². The van der Waals surface area contributed by atoms with E-state index >= 15 is 0 Å². The molecular weight excluding hydrogens is 274 g/mol. The Balaban J connectivity index is 2.24. The molecule has 0 radical (unpaired) electrons. The van der Waals surface area contributed by atoms with Crippen LogP contribution in [0.4, 0.5) is 23.2 Å². The highest BCUT2D eigenvalue weighted by Crippen LogP contribution is 2.35. The first-order chi connectivity index (χ1) is 9.43. The van der Waals surface area contributed by atoms with Crippen molar-refractivity contribution in [2.45, 2.75) is 37.9 Å². The summed E-state index contributed by atoms with van der Waals surface area (Å²) < 4.78 is 51.6. The van der Waals surface area contributed by atoms with Gasteiger partial charge in [0, 0.05) is 19.2 Å². The van der Waals surface area contributed by atoms with E-state index in [1.807, 2.05) is 0 Å². The Morgan fingerprint density at radius 2 is 1.95 bits per heavy atom. The molecule has 0 amide bonds. The smallest absolute Gasteiger partial charge is 0.396 e. The molecular formula is C14H17F4NO. The maximum Gasteiger partial charge on any atom is 0.416 e. The molecule has 0 aliphatic heterocycles. The minimum atomic E-state index is -4.54. The van der Waals surface area contributed by atoms with Crippen LogP contribution < -0.4 is 4.90 Å². The van der Waals surface area contributed by atoms with Crippen molar-refractivity contribution in [2.24, 2.45) is 0 Å². The zero-order valence-electron chi connectivity index (χ0n) is 11.0. The second-order valence-corrected chi connectivity index (χ2v) is 5.02. The van der Waals surface area contributed by atoms with Gasteiger partial charge < -0.3 is 10.0 Å². The minimum Gasteiger partial charge on any atom is -0.396 e. The summed E-state index contributed by atoms with van der Waals surface area (Å²) in [6.07, 6.45) is -1.21. The summed E-state index contributed by atoms with van der Waals surface area (Å²) in [5, 5.41) is 8.89. The van der Waals surface area contributed by atoms with E-state index < -0.39 is 17.6 Å². The monoisotopic (exact) mass is 291 g/mol. The summed E-state index contributed by atoms with van der Waals surface area (Å²) >= 11 is 0. The van der Waals surface area contributed by atoms with Gasteiger partial charge in [-0.1, -0.05) is 0 Å². The third-order valence-corrected chi connectivity index (χ3v) is 3.66. The lowest BCUT2D eigenvalue weighted by Crippen LogP contribution is -2.41. The third-order valence-electron chi connectivity index (χ3n) is 3.66. The number of benzene rings is 1. The summed E-state index contributed by atoms with van der Waals surface area (Å²) in [6.45, 7) is 0.426. The highest BCUT2D eigenvalue weighted by molar-refractivity contribution is 5.51. The Bertz CT molecular complexity index is 457. The van der Waals surface area contributed by atoms with Crippen LogP contribution >= 0.6 is 0 Å². The first-order valence-corrected chi connectivity index (χ1v) is 6.67. The number of aliphatic hydroxyl groups is 1. The molecule has 0 atom stereocenters. The van der Waals surface area contributed by atoms with Crippen LogP contribution in [0.1, 0.15) is 31.2 Å². The Kier molecular flexibility index (Phi) is 4.52. The van der Waals surface area contributed by atoms with E-state index in [2.05, 4.69) is 0 Å². The SMILES string of the molecule is OCCCN(c1ccc(C(F)(F)F)cc1F)C1CCC1. The van der Waals surface area contributed by atoms with Crippen LogP contribution in [0.5, 0.6) is 0 Å². The highest BCUT2D eigenvalue weighted by Gasteiger charge is 2.32. The Morgan fingerprint density at radius 3 is 2.40 bits per heavy atom. The summed E-state index contributed by atoms with van der Waals surface area (Å²) in [7, 11) is 0. The van der Waals surface area contributed by atoms with Gasteiger partial charge in [0.2, 0.25) is 0 Å². The second-order valence-electron chi connectivity index (χ2n) is 5.02. The highest BCUT2D eigenvalue weighted by atomic mass is 19.4. The summed E-state index contributed by atoms with van der Waals surface area (Å²) in [6, 6.07) is 2.80. The number of halogens is 4. The van der Waals surface area contributed by atoms with E-state index in [4.69, 9.17) is 5.11 Å². The predicted molar refractivity (Wildman–Crippen MR) is 68.1 cm³/mol. The van der Waals surface area contributed by atoms with Crippen LogP contribution in [0.25, 0.3) is 0 Å². The molecule has 1 aliphatic rings. The van der Waals surface area contributed by atoms with E-state index in [1.165, 1.54) is 6.07 Å². The first kappa shape index (κ1) is 15.1. The number of nitrogens with zero attached hydrogens (tertiary/aromatic N) is 1. The van der Waals surface area contributed by atoms with Crippen molar-refractivity contribution in [1.29, 1.82) is 0 Å². The van der Waals surface area contributed by atoms with Crippen LogP contribution in [-0.4, -0.2) is 24.3 Å². The molecule has 0 aromatic heterocycles. The topological polar surface area (TPSA) is 23.5 Å². The van der Waals surface area contributed by atoms with Gasteiger partial charge in [-0.25, -0.2) is 4.39 Å². The number of hydrogen-bond donors (Lipinski definition) is 1. The molecule has 0 bridgehead atoms. The summed E-state index contributed by atoms with van der Waals surface area (Å²) in [5.74, 6) is -0.857. The lowest BCUT2D eigenvalue weighted by atomic mass is 9.90. The number of rotatable bonds is 5. The van der Waals surface area contributed by atoms with Crippen LogP contribution in [0, 0.1) is 5.82 Å². The van der Waals surface area contributed by atoms with Gasteiger partial charge in [0.25, 0.3) is 0 Å². The molecule has 1 aromatic rings. The maximum absolute atomic E-state index is 14.0. The second kappa shape index (κ2) is 5.99. The lowest BCUT2D eigenvalue weighted by molar-refractivity contribution is -0.137. The Morgan fingerprint density at radius 1 is 1.25 bits per heavy atom. The molecule has 1 fully saturated rings. The molecule has 20 heavy (non-hydrogen) atoms. The largest absolute Gasteiger partial charge is 0.416 e. The third kappa shape index (κ3) is 3.23. The van der Waals surface area contributed by atoms with Crippen LogP contribution in [-0.2, 0) is 6.18 Å². The van der Waals surface area contributed by atoms with E-state index in [9.17, 15) is 17.6 Å². The van der Waals surface area contributed by atoms with Gasteiger partial charge in [-0.05, 0) is 43.9 Å². The molecule has 0 heterocycles. The van der Waals surface area contributed by atoms with Gasteiger partial charge in [-0.15, -0.1) is 0 Å². The zero-order valence-corrected chi connectivity index (χ0v) is 11.0. The van der Waals surface area contributed by atoms with Gasteiger partial charge in [-0.2, -0.15) is 13.2 Å². The lowest BCUT2D eigenvalue weighted by Gasteiger charge is -2.39. The molecule has 2 rings (SSSR count). The van der Waals surface area contributed by atoms with Gasteiger partial charge >= 0.3 is 6.18 Å². The summed E-state index contributed by atoms with van der Waals surface area (Å²) in [5.41, 5.74) is -0.786. The zero-order chi connectivity index (χ0) is 14.8. The van der Waals surface area contributed by atoms with Crippen molar-refractivity contribution in [3.05, 3.63) is 29.6 Å². The average molecular weight is 291 g/mol. The quantitative estimate of drug-likeness (QED) is 0.838. The molecule has 1 N–H and O–H groups in total. The molecule has 6 heteroatoms. The van der Waals surface area contributed by atoms with Gasteiger partial charge in [0.05, 0.1) is 11.3 Å². The van der Waals surface area contributed by atoms with E-state index in [0.29, 0.717) is 19.0 Å². The fourth-order valence-electron chi connectivity index (χ4n) is 2.36. The minimum absolute atomic E-state index is 0.0223. The van der Waals surface area contributed by atoms with Crippen molar-refractivity contribution < 1.29 is 22.7 Å². The van der Waals surface area contributed by atoms with Crippen molar-refractivity contribution in [2.75, 3.05) is 18.1 Å². The van der Waals surface area contributed by atoms with E-state index in [1.54, 1.807) is 4.90 Å². The number of aliphatic hydroxyl groups excluding tert-OH is 1. The fourth-order valence-corrected chi connectivity index (χ4v) is 2.36. The number of anilines is 1. The van der Waals surface area contributed by atoms with E-state index in [-0.39, 0.29) is 18.3 Å². The average Bonchev–Trinajstić information content (AvgIpc) is 2.31. The van der Waals surface area contributed by atoms with Crippen LogP contribution in [0.15, 0.2) is 18.2 Å². The molecule has 0 spiro atoms. The fraction of sp³-hybridized carbons (Fsp3) is 0.571. The molecule has 1 aliphatic carbocycles. The maximum atomic E-state index is 14.0. The number of alkyl halides is 3. The molecule has 0 saturated heterocycles. The Hall–Kier alpha value is -1.30. The normalized spacial score (nSPS) is 16.1. The van der Waals surface area contributed by atoms with Crippen molar-refractivity contribution >= 4 is 5.69 Å². The molecule has 1 saturated carbocycles.